The van der Waals surface area contributed by atoms with Crippen LogP contribution in [0.15, 0.2) is 16.5 Å². The van der Waals surface area contributed by atoms with E-state index in [1.807, 2.05) is 0 Å². The second-order valence-corrected chi connectivity index (χ2v) is 5.92. The van der Waals surface area contributed by atoms with Crippen molar-refractivity contribution in [3.05, 3.63) is 17.3 Å². The number of nitrogens with zero attached hydrogens (tertiary/aromatic N) is 2. The fourth-order valence-corrected chi connectivity index (χ4v) is 3.28. The molecule has 3 aliphatic rings. The van der Waals surface area contributed by atoms with Crippen LogP contribution in [0.3, 0.4) is 0 Å². The van der Waals surface area contributed by atoms with Crippen LogP contribution in [0.5, 0.6) is 0 Å². The van der Waals surface area contributed by atoms with Crippen molar-refractivity contribution in [3.63, 3.8) is 0 Å². The van der Waals surface area contributed by atoms with Gasteiger partial charge in [0.25, 0.3) is 6.01 Å². The molecule has 0 amide bonds. The number of oxazole rings is 1. The van der Waals surface area contributed by atoms with Gasteiger partial charge < -0.3 is 15.1 Å². The summed E-state index contributed by atoms with van der Waals surface area (Å²) in [6.45, 7) is 0.977. The van der Waals surface area contributed by atoms with Crippen molar-refractivity contribution in [2.45, 2.75) is 37.3 Å². The number of nitrogens with one attached hydrogen (secondary N) is 2. The van der Waals surface area contributed by atoms with Crippen molar-refractivity contribution >= 4 is 28.8 Å². The van der Waals surface area contributed by atoms with Gasteiger partial charge in [-0.25, -0.2) is 4.98 Å². The van der Waals surface area contributed by atoms with Crippen LogP contribution in [0, 0.1) is 0 Å². The molecule has 2 N–H and O–H groups in total. The summed E-state index contributed by atoms with van der Waals surface area (Å²) in [4.78, 5) is 8.53. The molecule has 0 unspecified atom stereocenters. The Morgan fingerprint density at radius 3 is 2.89 bits per heavy atom. The molecule has 5 rings (SSSR count). The summed E-state index contributed by atoms with van der Waals surface area (Å²) in [7, 11) is 0. The van der Waals surface area contributed by atoms with Crippen LogP contribution >= 0.6 is 11.6 Å². The van der Waals surface area contributed by atoms with Gasteiger partial charge in [0.05, 0.1) is 5.54 Å². The molecule has 4 heterocycles. The number of hydrogen-bond donors (Lipinski definition) is 2. The molecule has 0 atom stereocenters. The van der Waals surface area contributed by atoms with Gasteiger partial charge in [-0.05, 0) is 37.8 Å². The van der Waals surface area contributed by atoms with Gasteiger partial charge in [-0.2, -0.15) is 4.98 Å². The molecule has 2 aromatic heterocycles. The van der Waals surface area contributed by atoms with Crippen molar-refractivity contribution in [2.75, 3.05) is 11.9 Å². The van der Waals surface area contributed by atoms with E-state index in [4.69, 9.17) is 16.0 Å². The van der Waals surface area contributed by atoms with Gasteiger partial charge in [0, 0.05) is 12.6 Å². The molecule has 0 spiro atoms. The molecule has 6 heteroatoms. The lowest BCUT2D eigenvalue weighted by Gasteiger charge is -2.47. The van der Waals surface area contributed by atoms with Crippen molar-refractivity contribution in [3.8, 4) is 0 Å². The minimum Gasteiger partial charge on any atom is -0.422 e. The van der Waals surface area contributed by atoms with Crippen LogP contribution in [0.25, 0.3) is 11.2 Å². The van der Waals surface area contributed by atoms with Crippen LogP contribution in [0.4, 0.5) is 6.01 Å². The molecule has 0 radical (unpaired) electrons. The van der Waals surface area contributed by atoms with Gasteiger partial charge in [-0.15, -0.1) is 0 Å². The Morgan fingerprint density at radius 2 is 2.16 bits per heavy atom. The molecule has 19 heavy (non-hydrogen) atoms. The Bertz CT molecular complexity index is 604. The third-order valence-corrected chi connectivity index (χ3v) is 4.47. The van der Waals surface area contributed by atoms with Gasteiger partial charge in [-0.3, -0.25) is 0 Å². The molecule has 2 aromatic rings. The van der Waals surface area contributed by atoms with Gasteiger partial charge in [0.15, 0.2) is 5.58 Å². The highest BCUT2D eigenvalue weighted by molar-refractivity contribution is 6.29. The van der Waals surface area contributed by atoms with Crippen LogP contribution in [0.2, 0.25) is 5.15 Å². The van der Waals surface area contributed by atoms with Gasteiger partial charge in [0.2, 0.25) is 5.65 Å². The number of pyridine rings is 1. The maximum absolute atomic E-state index is 5.86. The molecule has 5 nitrogen and oxygen atoms in total. The van der Waals surface area contributed by atoms with Gasteiger partial charge in [-0.1, -0.05) is 11.6 Å². The largest absolute Gasteiger partial charge is 0.422 e. The summed E-state index contributed by atoms with van der Waals surface area (Å²) in [5.41, 5.74) is 1.31. The Labute approximate surface area is 115 Å². The van der Waals surface area contributed by atoms with Gasteiger partial charge in [0.1, 0.15) is 5.15 Å². The number of aromatic nitrogens is 2. The van der Waals surface area contributed by atoms with Crippen molar-refractivity contribution < 1.29 is 4.42 Å². The normalized spacial score (nSPS) is 29.8. The number of piperidine rings is 2. The van der Waals surface area contributed by atoms with Gasteiger partial charge >= 0.3 is 0 Å². The summed E-state index contributed by atoms with van der Waals surface area (Å²) < 4.78 is 5.70. The zero-order valence-electron chi connectivity index (χ0n) is 10.4. The Balaban J connectivity index is 1.64. The van der Waals surface area contributed by atoms with Crippen LogP contribution in [-0.2, 0) is 0 Å². The van der Waals surface area contributed by atoms with E-state index in [9.17, 15) is 0 Å². The van der Waals surface area contributed by atoms with E-state index in [1.165, 1.54) is 12.8 Å². The first-order valence-electron chi connectivity index (χ1n) is 6.67. The van der Waals surface area contributed by atoms with E-state index < -0.39 is 0 Å². The minimum absolute atomic E-state index is 0.0828. The summed E-state index contributed by atoms with van der Waals surface area (Å²) in [6.07, 6.45) is 4.77. The molecule has 2 saturated heterocycles. The number of rotatable bonds is 2. The average molecular weight is 279 g/mol. The molecule has 1 aliphatic carbocycles. The number of fused-ring (bicyclic) bond motifs is 4. The standard InChI is InChI=1S/C13H15ClN4O/c14-10-2-1-9-11(16-10)17-12(19-9)18-13-5-3-8(4-6-13)15-7-13/h1-2,8,15H,3-7H2,(H,16,17,18). The van der Waals surface area contributed by atoms with Crippen LogP contribution < -0.4 is 10.6 Å². The fraction of sp³-hybridized carbons (Fsp3) is 0.538. The highest BCUT2D eigenvalue weighted by atomic mass is 35.5. The number of anilines is 1. The fourth-order valence-electron chi connectivity index (χ4n) is 3.14. The molecule has 100 valence electrons. The van der Waals surface area contributed by atoms with E-state index in [1.54, 1.807) is 12.1 Å². The molecular formula is C13H15ClN4O. The summed E-state index contributed by atoms with van der Waals surface area (Å²) in [5.74, 6) is 0. The monoisotopic (exact) mass is 278 g/mol. The highest BCUT2D eigenvalue weighted by Gasteiger charge is 2.41. The summed E-state index contributed by atoms with van der Waals surface area (Å²) in [5, 5.41) is 7.46. The average Bonchev–Trinajstić information content (AvgIpc) is 2.81. The molecule has 0 aromatic carbocycles. The second kappa shape index (κ2) is 4.08. The van der Waals surface area contributed by atoms with Crippen molar-refractivity contribution in [1.29, 1.82) is 0 Å². The summed E-state index contributed by atoms with van der Waals surface area (Å²) in [6, 6.07) is 4.76. The predicted molar refractivity (Wildman–Crippen MR) is 73.4 cm³/mol. The zero-order valence-corrected chi connectivity index (χ0v) is 11.2. The third kappa shape index (κ3) is 1.97. The van der Waals surface area contributed by atoms with E-state index >= 15 is 0 Å². The van der Waals surface area contributed by atoms with E-state index in [-0.39, 0.29) is 5.54 Å². The lowest BCUT2D eigenvalue weighted by molar-refractivity contribution is 0.190. The van der Waals surface area contributed by atoms with E-state index in [0.29, 0.717) is 28.4 Å². The maximum Gasteiger partial charge on any atom is 0.297 e. The number of halogens is 1. The molecule has 2 bridgehead atoms. The van der Waals surface area contributed by atoms with Crippen molar-refractivity contribution in [2.24, 2.45) is 0 Å². The predicted octanol–water partition coefficient (Wildman–Crippen LogP) is 2.57. The first-order valence-corrected chi connectivity index (χ1v) is 7.05. The van der Waals surface area contributed by atoms with Crippen molar-refractivity contribution in [1.82, 2.24) is 15.3 Å². The maximum atomic E-state index is 5.86. The molecular weight excluding hydrogens is 264 g/mol. The summed E-state index contributed by atoms with van der Waals surface area (Å²) >= 11 is 5.86. The third-order valence-electron chi connectivity index (χ3n) is 4.26. The highest BCUT2D eigenvalue weighted by Crippen LogP contribution is 2.36. The lowest BCUT2D eigenvalue weighted by atomic mass is 9.75. The lowest BCUT2D eigenvalue weighted by Crippen LogP contribution is -2.59. The molecule has 2 aliphatic heterocycles. The topological polar surface area (TPSA) is 63.0 Å². The van der Waals surface area contributed by atoms with E-state index in [2.05, 4.69) is 20.6 Å². The SMILES string of the molecule is Clc1ccc2oc(NC34CCC(CC3)NC4)nc2n1. The smallest absolute Gasteiger partial charge is 0.297 e. The first kappa shape index (κ1) is 11.5. The Morgan fingerprint density at radius 1 is 1.32 bits per heavy atom. The molecule has 3 fully saturated rings. The zero-order chi connectivity index (χ0) is 12.9. The molecule has 1 saturated carbocycles. The second-order valence-electron chi connectivity index (χ2n) is 5.54. The quantitative estimate of drug-likeness (QED) is 0.827. The Kier molecular flexibility index (Phi) is 2.47. The Hall–Kier alpha value is -1.33. The number of hydrogen-bond acceptors (Lipinski definition) is 5. The van der Waals surface area contributed by atoms with Crippen LogP contribution in [0.1, 0.15) is 25.7 Å². The minimum atomic E-state index is 0.0828. The van der Waals surface area contributed by atoms with Crippen LogP contribution in [-0.4, -0.2) is 28.1 Å². The van der Waals surface area contributed by atoms with E-state index in [0.717, 1.165) is 19.4 Å². The first-order chi connectivity index (χ1) is 9.22.